The molecule has 28 heavy (non-hydrogen) atoms. The molecule has 0 atom stereocenters. The van der Waals surface area contributed by atoms with Crippen LogP contribution in [0.15, 0.2) is 17.1 Å². The van der Waals surface area contributed by atoms with E-state index in [1.807, 2.05) is 0 Å². The van der Waals surface area contributed by atoms with Gasteiger partial charge < -0.3 is 20.7 Å². The molecule has 0 aliphatic heterocycles. The predicted octanol–water partition coefficient (Wildman–Crippen LogP) is 2.95. The summed E-state index contributed by atoms with van der Waals surface area (Å²) in [6.45, 7) is 1.06. The minimum Gasteiger partial charge on any atom is -0.378 e. The number of nitrogens with zero attached hydrogens (tertiary/aromatic N) is 1. The summed E-state index contributed by atoms with van der Waals surface area (Å²) in [6, 6.07) is 1.71. The molecule has 1 saturated carbocycles. The Kier molecular flexibility index (Phi) is 9.06. The number of carbonyl (C=O) groups excluding carboxylic acids is 1. The molecule has 0 heterocycles. The molecule has 156 valence electrons. The van der Waals surface area contributed by atoms with Gasteiger partial charge in [-0.05, 0) is 31.4 Å². The molecule has 3 N–H and O–H groups in total. The largest absolute Gasteiger partial charge is 0.378 e. The van der Waals surface area contributed by atoms with Crippen molar-refractivity contribution in [2.75, 3.05) is 32.1 Å². The van der Waals surface area contributed by atoms with Crippen LogP contribution in [-0.2, 0) is 9.53 Å². The number of ether oxygens (including phenoxy) is 1. The van der Waals surface area contributed by atoms with Gasteiger partial charge in [0.1, 0.15) is 0 Å². The van der Waals surface area contributed by atoms with Gasteiger partial charge in [-0.3, -0.25) is 9.79 Å². The number of nitrogens with one attached hydrogen (secondary N) is 3. The molecule has 0 bridgehead atoms. The van der Waals surface area contributed by atoms with Gasteiger partial charge in [0.15, 0.2) is 23.4 Å². The number of anilines is 1. The zero-order valence-electron chi connectivity index (χ0n) is 16.0. The highest BCUT2D eigenvalue weighted by Gasteiger charge is 2.15. The molecular formula is C19H27F3N4O2. The van der Waals surface area contributed by atoms with Crippen molar-refractivity contribution < 1.29 is 22.7 Å². The number of hydrogen-bond donors (Lipinski definition) is 3. The normalized spacial score (nSPS) is 15.4. The van der Waals surface area contributed by atoms with Crippen molar-refractivity contribution in [3.63, 3.8) is 0 Å². The van der Waals surface area contributed by atoms with Gasteiger partial charge in [-0.25, -0.2) is 13.2 Å². The highest BCUT2D eigenvalue weighted by Crippen LogP contribution is 2.20. The number of aliphatic imine (C=N–C) groups is 1. The molecule has 9 heteroatoms. The summed E-state index contributed by atoms with van der Waals surface area (Å²) in [5.74, 6) is -4.59. The number of carbonyl (C=O) groups is 1. The van der Waals surface area contributed by atoms with Crippen LogP contribution in [0.3, 0.4) is 0 Å². The van der Waals surface area contributed by atoms with Gasteiger partial charge >= 0.3 is 0 Å². The molecule has 1 aliphatic rings. The summed E-state index contributed by atoms with van der Waals surface area (Å²) in [5, 5.41) is 8.01. The maximum atomic E-state index is 13.6. The highest BCUT2D eigenvalue weighted by atomic mass is 19.2. The SMILES string of the molecule is CN=C(NCCCOC1CCCCC1)NCC(=O)Nc1ccc(F)c(F)c1F. The first kappa shape index (κ1) is 22.0. The van der Waals surface area contributed by atoms with Crippen molar-refractivity contribution in [2.24, 2.45) is 4.99 Å². The Morgan fingerprint density at radius 1 is 1.14 bits per heavy atom. The number of rotatable bonds is 8. The van der Waals surface area contributed by atoms with E-state index < -0.39 is 29.0 Å². The zero-order valence-corrected chi connectivity index (χ0v) is 16.0. The van der Waals surface area contributed by atoms with Gasteiger partial charge in [-0.15, -0.1) is 0 Å². The molecule has 1 amide bonds. The molecule has 6 nitrogen and oxygen atoms in total. The van der Waals surface area contributed by atoms with Gasteiger partial charge in [-0.2, -0.15) is 0 Å². The molecule has 1 fully saturated rings. The molecule has 1 aliphatic carbocycles. The van der Waals surface area contributed by atoms with Crippen molar-refractivity contribution in [1.82, 2.24) is 10.6 Å². The van der Waals surface area contributed by atoms with Gasteiger partial charge in [0.2, 0.25) is 5.91 Å². The van der Waals surface area contributed by atoms with Crippen molar-refractivity contribution in [2.45, 2.75) is 44.6 Å². The van der Waals surface area contributed by atoms with Gasteiger partial charge in [0.25, 0.3) is 0 Å². The predicted molar refractivity (Wildman–Crippen MR) is 102 cm³/mol. The Hall–Kier alpha value is -2.29. The quantitative estimate of drug-likeness (QED) is 0.272. The standard InChI is InChI=1S/C19H27F3N4O2/c1-23-19(24-10-5-11-28-13-6-3-2-4-7-13)25-12-16(27)26-15-9-8-14(20)17(21)18(15)22/h8-9,13H,2-7,10-12H2,1H3,(H,26,27)(H2,23,24,25). The fourth-order valence-corrected chi connectivity index (χ4v) is 2.96. The molecule has 0 unspecified atom stereocenters. The van der Waals surface area contributed by atoms with E-state index in [0.29, 0.717) is 25.2 Å². The van der Waals surface area contributed by atoms with Crippen LogP contribution in [-0.4, -0.2) is 44.7 Å². The summed E-state index contributed by atoms with van der Waals surface area (Å²) in [5.41, 5.74) is -0.423. The zero-order chi connectivity index (χ0) is 20.4. The van der Waals surface area contributed by atoms with E-state index in [2.05, 4.69) is 20.9 Å². The first-order valence-corrected chi connectivity index (χ1v) is 9.50. The van der Waals surface area contributed by atoms with E-state index in [-0.39, 0.29) is 6.54 Å². The van der Waals surface area contributed by atoms with E-state index in [9.17, 15) is 18.0 Å². The van der Waals surface area contributed by atoms with E-state index in [4.69, 9.17) is 4.74 Å². The number of guanidine groups is 1. The second kappa shape index (κ2) is 11.5. The molecule has 0 spiro atoms. The first-order valence-electron chi connectivity index (χ1n) is 9.50. The monoisotopic (exact) mass is 400 g/mol. The summed E-state index contributed by atoms with van der Waals surface area (Å²) in [6.07, 6.45) is 7.18. The van der Waals surface area contributed by atoms with Crippen LogP contribution in [0, 0.1) is 17.5 Å². The molecule has 1 aromatic carbocycles. The summed E-state index contributed by atoms with van der Waals surface area (Å²) >= 11 is 0. The van der Waals surface area contributed by atoms with Crippen LogP contribution in [0.5, 0.6) is 0 Å². The van der Waals surface area contributed by atoms with E-state index in [1.54, 1.807) is 7.05 Å². The number of halogens is 3. The molecule has 0 aromatic heterocycles. The average Bonchev–Trinajstić information content (AvgIpc) is 2.71. The fourth-order valence-electron chi connectivity index (χ4n) is 2.96. The fraction of sp³-hybridized carbons (Fsp3) is 0.579. The summed E-state index contributed by atoms with van der Waals surface area (Å²) in [7, 11) is 1.56. The lowest BCUT2D eigenvalue weighted by atomic mass is 9.98. The third-order valence-corrected chi connectivity index (χ3v) is 4.47. The van der Waals surface area contributed by atoms with Crippen LogP contribution < -0.4 is 16.0 Å². The molecule has 1 aromatic rings. The number of hydrogen-bond acceptors (Lipinski definition) is 3. The Morgan fingerprint density at radius 2 is 1.89 bits per heavy atom. The molecule has 2 rings (SSSR count). The molecule has 0 radical (unpaired) electrons. The van der Waals surface area contributed by atoms with Crippen LogP contribution in [0.25, 0.3) is 0 Å². The minimum atomic E-state index is -1.63. The minimum absolute atomic E-state index is 0.212. The lowest BCUT2D eigenvalue weighted by Crippen LogP contribution is -2.42. The number of amides is 1. The van der Waals surface area contributed by atoms with Crippen molar-refractivity contribution in [1.29, 1.82) is 0 Å². The maximum Gasteiger partial charge on any atom is 0.243 e. The smallest absolute Gasteiger partial charge is 0.243 e. The van der Waals surface area contributed by atoms with E-state index in [1.165, 1.54) is 19.3 Å². The maximum absolute atomic E-state index is 13.6. The number of benzene rings is 1. The average molecular weight is 400 g/mol. The molecular weight excluding hydrogens is 373 g/mol. The Bertz CT molecular complexity index is 679. The second-order valence-electron chi connectivity index (χ2n) is 6.61. The van der Waals surface area contributed by atoms with Gasteiger partial charge in [0, 0.05) is 20.2 Å². The van der Waals surface area contributed by atoms with Crippen molar-refractivity contribution in [3.8, 4) is 0 Å². The van der Waals surface area contributed by atoms with Crippen molar-refractivity contribution >= 4 is 17.6 Å². The Labute approximate surface area is 162 Å². The molecule has 0 saturated heterocycles. The summed E-state index contributed by atoms with van der Waals surface area (Å²) < 4.78 is 45.5. The summed E-state index contributed by atoms with van der Waals surface area (Å²) in [4.78, 5) is 15.9. The van der Waals surface area contributed by atoms with Crippen LogP contribution in [0.1, 0.15) is 38.5 Å². The van der Waals surface area contributed by atoms with Gasteiger partial charge in [0.05, 0.1) is 18.3 Å². The lowest BCUT2D eigenvalue weighted by molar-refractivity contribution is -0.115. The Balaban J connectivity index is 1.64. The van der Waals surface area contributed by atoms with Gasteiger partial charge in [-0.1, -0.05) is 19.3 Å². The third-order valence-electron chi connectivity index (χ3n) is 4.47. The van der Waals surface area contributed by atoms with Crippen LogP contribution in [0.2, 0.25) is 0 Å². The van der Waals surface area contributed by atoms with E-state index in [0.717, 1.165) is 31.4 Å². The van der Waals surface area contributed by atoms with Crippen LogP contribution in [0.4, 0.5) is 18.9 Å². The van der Waals surface area contributed by atoms with Crippen LogP contribution >= 0.6 is 0 Å². The van der Waals surface area contributed by atoms with Crippen molar-refractivity contribution in [3.05, 3.63) is 29.6 Å². The highest BCUT2D eigenvalue weighted by molar-refractivity contribution is 5.95. The van der Waals surface area contributed by atoms with E-state index >= 15 is 0 Å². The lowest BCUT2D eigenvalue weighted by Gasteiger charge is -2.22. The second-order valence-corrected chi connectivity index (χ2v) is 6.61. The Morgan fingerprint density at radius 3 is 2.61 bits per heavy atom. The third kappa shape index (κ3) is 7.03. The topological polar surface area (TPSA) is 74.8 Å². The first-order chi connectivity index (χ1) is 13.5.